The number of nitrogens with one attached hydrogen (secondary N) is 1. The number of aromatic nitrogens is 2. The van der Waals surface area contributed by atoms with E-state index in [0.717, 1.165) is 25.7 Å². The number of methoxy groups -OCH3 is 2. The summed E-state index contributed by atoms with van der Waals surface area (Å²) >= 11 is 0. The van der Waals surface area contributed by atoms with E-state index in [2.05, 4.69) is 22.6 Å². The zero-order valence-electron chi connectivity index (χ0n) is 18.3. The molecule has 0 saturated heterocycles. The van der Waals surface area contributed by atoms with Crippen LogP contribution in [-0.4, -0.2) is 36.4 Å². The summed E-state index contributed by atoms with van der Waals surface area (Å²) in [5, 5.41) is 6.90. The molecule has 2 aromatic carbocycles. The predicted molar refractivity (Wildman–Crippen MR) is 119 cm³/mol. The van der Waals surface area contributed by atoms with Crippen molar-refractivity contribution in [2.24, 2.45) is 0 Å². The second kappa shape index (κ2) is 9.30. The third kappa shape index (κ3) is 4.26. The molecule has 168 valence electrons. The van der Waals surface area contributed by atoms with Crippen molar-refractivity contribution >= 4 is 5.91 Å². The van der Waals surface area contributed by atoms with Crippen LogP contribution in [0.15, 0.2) is 57.8 Å². The monoisotopic (exact) mass is 437 g/mol. The van der Waals surface area contributed by atoms with Crippen LogP contribution in [0.2, 0.25) is 0 Å². The normalized spacial score (nSPS) is 14.8. The third-order valence-corrected chi connectivity index (χ3v) is 6.20. The molecule has 0 aliphatic heterocycles. The van der Waals surface area contributed by atoms with E-state index in [1.54, 1.807) is 25.3 Å². The van der Waals surface area contributed by atoms with E-state index in [4.69, 9.17) is 14.0 Å². The van der Waals surface area contributed by atoms with Gasteiger partial charge in [-0.25, -0.2) is 9.36 Å². The van der Waals surface area contributed by atoms with Crippen molar-refractivity contribution in [3.8, 4) is 22.9 Å². The highest BCUT2D eigenvalue weighted by molar-refractivity contribution is 5.76. The SMILES string of the molecule is COc1ccc(-c2noc(=O)n2CC(=O)NCC2(c3ccccc3)CCCC2)cc1OC. The highest BCUT2D eigenvalue weighted by Gasteiger charge is 2.35. The molecule has 0 spiro atoms. The summed E-state index contributed by atoms with van der Waals surface area (Å²) in [4.78, 5) is 25.1. The van der Waals surface area contributed by atoms with Gasteiger partial charge in [0.15, 0.2) is 17.3 Å². The van der Waals surface area contributed by atoms with Crippen LogP contribution in [0.3, 0.4) is 0 Å². The number of ether oxygens (including phenoxy) is 2. The first-order chi connectivity index (χ1) is 15.6. The van der Waals surface area contributed by atoms with E-state index < -0.39 is 5.76 Å². The molecule has 1 saturated carbocycles. The molecular weight excluding hydrogens is 410 g/mol. The summed E-state index contributed by atoms with van der Waals surface area (Å²) in [5.41, 5.74) is 1.76. The van der Waals surface area contributed by atoms with Crippen molar-refractivity contribution in [1.29, 1.82) is 0 Å². The number of amides is 1. The summed E-state index contributed by atoms with van der Waals surface area (Å²) in [6.45, 7) is 0.346. The number of benzene rings is 2. The average Bonchev–Trinajstić information content (AvgIpc) is 3.46. The van der Waals surface area contributed by atoms with Gasteiger partial charge >= 0.3 is 5.76 Å². The Bertz CT molecular complexity index is 1130. The van der Waals surface area contributed by atoms with Crippen molar-refractivity contribution in [1.82, 2.24) is 15.0 Å². The average molecular weight is 437 g/mol. The highest BCUT2D eigenvalue weighted by Crippen LogP contribution is 2.40. The number of carbonyl (C=O) groups excluding carboxylic acids is 1. The van der Waals surface area contributed by atoms with Crippen LogP contribution in [0, 0.1) is 0 Å². The molecule has 1 aliphatic carbocycles. The standard InChI is InChI=1S/C24H27N3O5/c1-30-19-11-10-17(14-20(19)31-2)22-26-32-23(29)27(22)15-21(28)25-16-24(12-6-7-13-24)18-8-4-3-5-9-18/h3-5,8-11,14H,6-7,12-13,15-16H2,1-2H3,(H,25,28). The van der Waals surface area contributed by atoms with Gasteiger partial charge in [0.25, 0.3) is 0 Å². The Labute approximate surface area is 186 Å². The molecule has 0 radical (unpaired) electrons. The first-order valence-corrected chi connectivity index (χ1v) is 10.7. The van der Waals surface area contributed by atoms with Crippen molar-refractivity contribution in [3.63, 3.8) is 0 Å². The number of hydrogen-bond acceptors (Lipinski definition) is 6. The molecule has 8 nitrogen and oxygen atoms in total. The van der Waals surface area contributed by atoms with E-state index in [1.807, 2.05) is 18.2 Å². The van der Waals surface area contributed by atoms with Gasteiger partial charge in [0.1, 0.15) is 6.54 Å². The lowest BCUT2D eigenvalue weighted by atomic mass is 9.79. The Morgan fingerprint density at radius 1 is 1.09 bits per heavy atom. The molecule has 0 bridgehead atoms. The Kier molecular flexibility index (Phi) is 6.30. The quantitative estimate of drug-likeness (QED) is 0.582. The minimum atomic E-state index is -0.691. The van der Waals surface area contributed by atoms with Gasteiger partial charge in [-0.05, 0) is 36.6 Å². The summed E-state index contributed by atoms with van der Waals surface area (Å²) in [5.74, 6) is 0.337. The van der Waals surface area contributed by atoms with Gasteiger partial charge in [-0.15, -0.1) is 0 Å². The number of carbonyl (C=O) groups is 1. The molecule has 1 aromatic heterocycles. The molecule has 1 N–H and O–H groups in total. The fourth-order valence-electron chi connectivity index (χ4n) is 4.47. The van der Waals surface area contributed by atoms with Crippen molar-refractivity contribution in [2.75, 3.05) is 20.8 Å². The lowest BCUT2D eigenvalue weighted by Crippen LogP contribution is -2.41. The summed E-state index contributed by atoms with van der Waals surface area (Å²) < 4.78 is 16.7. The largest absolute Gasteiger partial charge is 0.493 e. The van der Waals surface area contributed by atoms with E-state index in [-0.39, 0.29) is 23.7 Å². The van der Waals surface area contributed by atoms with Crippen LogP contribution in [-0.2, 0) is 16.8 Å². The van der Waals surface area contributed by atoms with Gasteiger partial charge in [-0.2, -0.15) is 0 Å². The molecule has 0 unspecified atom stereocenters. The zero-order valence-corrected chi connectivity index (χ0v) is 18.3. The molecule has 1 aliphatic rings. The summed E-state index contributed by atoms with van der Waals surface area (Å²) in [7, 11) is 3.07. The Morgan fingerprint density at radius 2 is 1.81 bits per heavy atom. The second-order valence-electron chi connectivity index (χ2n) is 8.06. The maximum Gasteiger partial charge on any atom is 0.442 e. The van der Waals surface area contributed by atoms with Gasteiger partial charge < -0.3 is 14.8 Å². The number of rotatable bonds is 8. The maximum atomic E-state index is 12.8. The molecule has 1 fully saturated rings. The second-order valence-corrected chi connectivity index (χ2v) is 8.06. The summed E-state index contributed by atoms with van der Waals surface area (Å²) in [6, 6.07) is 15.4. The molecule has 0 atom stereocenters. The molecule has 1 heterocycles. The predicted octanol–water partition coefficient (Wildman–Crippen LogP) is 3.15. The molecule has 32 heavy (non-hydrogen) atoms. The topological polar surface area (TPSA) is 95.6 Å². The van der Waals surface area contributed by atoms with Gasteiger partial charge in [0, 0.05) is 17.5 Å². The maximum absolute atomic E-state index is 12.8. The van der Waals surface area contributed by atoms with Crippen molar-refractivity contribution in [2.45, 2.75) is 37.6 Å². The number of hydrogen-bond donors (Lipinski definition) is 1. The minimum absolute atomic E-state index is 0.0668. The minimum Gasteiger partial charge on any atom is -0.493 e. The first-order valence-electron chi connectivity index (χ1n) is 10.7. The van der Waals surface area contributed by atoms with Crippen molar-refractivity contribution < 1.29 is 18.8 Å². The van der Waals surface area contributed by atoms with Gasteiger partial charge in [-0.3, -0.25) is 9.32 Å². The molecule has 3 aromatic rings. The van der Waals surface area contributed by atoms with E-state index in [1.165, 1.54) is 17.2 Å². The van der Waals surface area contributed by atoms with E-state index >= 15 is 0 Å². The van der Waals surface area contributed by atoms with Crippen LogP contribution in [0.1, 0.15) is 31.2 Å². The van der Waals surface area contributed by atoms with Crippen LogP contribution in [0.4, 0.5) is 0 Å². The Hall–Kier alpha value is -3.55. The molecule has 4 rings (SSSR count). The van der Waals surface area contributed by atoms with E-state index in [0.29, 0.717) is 23.6 Å². The lowest BCUT2D eigenvalue weighted by molar-refractivity contribution is -0.122. The van der Waals surface area contributed by atoms with Gasteiger partial charge in [0.05, 0.1) is 14.2 Å². The molecule has 1 amide bonds. The molecule has 8 heteroatoms. The Morgan fingerprint density at radius 3 is 2.50 bits per heavy atom. The van der Waals surface area contributed by atoms with Crippen LogP contribution < -0.4 is 20.5 Å². The smallest absolute Gasteiger partial charge is 0.442 e. The summed E-state index contributed by atoms with van der Waals surface area (Å²) in [6.07, 6.45) is 4.33. The Balaban J connectivity index is 1.51. The lowest BCUT2D eigenvalue weighted by Gasteiger charge is -2.30. The van der Waals surface area contributed by atoms with Crippen LogP contribution in [0.5, 0.6) is 11.5 Å². The highest BCUT2D eigenvalue weighted by atomic mass is 16.5. The number of nitrogens with zero attached hydrogens (tertiary/aromatic N) is 2. The van der Waals surface area contributed by atoms with E-state index in [9.17, 15) is 9.59 Å². The fourth-order valence-corrected chi connectivity index (χ4v) is 4.47. The first kappa shape index (κ1) is 21.7. The van der Waals surface area contributed by atoms with Crippen LogP contribution in [0.25, 0.3) is 11.4 Å². The fraction of sp³-hybridized carbons (Fsp3) is 0.375. The molecular formula is C24H27N3O5. The zero-order chi connectivity index (χ0) is 22.6. The third-order valence-electron chi connectivity index (χ3n) is 6.20. The van der Waals surface area contributed by atoms with Crippen molar-refractivity contribution in [3.05, 3.63) is 64.6 Å². The van der Waals surface area contributed by atoms with Crippen LogP contribution >= 0.6 is 0 Å². The van der Waals surface area contributed by atoms with Gasteiger partial charge in [-0.1, -0.05) is 48.3 Å². The van der Waals surface area contributed by atoms with Gasteiger partial charge in [0.2, 0.25) is 5.91 Å².